The molecular formula is C13H13F6N5O4. The first kappa shape index (κ1) is 20.3. The molecule has 4 atom stereocenters. The fourth-order valence-electron chi connectivity index (χ4n) is 2.96. The zero-order valence-corrected chi connectivity index (χ0v) is 13.6. The van der Waals surface area contributed by atoms with Crippen LogP contribution in [0.25, 0.3) is 11.2 Å². The van der Waals surface area contributed by atoms with E-state index in [0.29, 0.717) is 4.57 Å². The second-order valence-electron chi connectivity index (χ2n) is 6.15. The number of nitrogen functional groups attached to an aromatic ring is 1. The smallest absolute Gasteiger partial charge is 0.388 e. The molecule has 0 bridgehead atoms. The second kappa shape index (κ2) is 6.59. The number of nitrogens with two attached hydrogens (primary N) is 1. The molecule has 0 aliphatic carbocycles. The summed E-state index contributed by atoms with van der Waals surface area (Å²) in [7, 11) is 0. The van der Waals surface area contributed by atoms with Gasteiger partial charge in [0.1, 0.15) is 18.2 Å². The first-order valence-corrected chi connectivity index (χ1v) is 7.68. The molecule has 3 heterocycles. The Kier molecular flexibility index (Phi) is 4.79. The van der Waals surface area contributed by atoms with E-state index in [9.17, 15) is 41.4 Å². The highest BCUT2D eigenvalue weighted by molar-refractivity contribution is 5.72. The van der Waals surface area contributed by atoms with Gasteiger partial charge in [-0.3, -0.25) is 4.57 Å². The Morgan fingerprint density at radius 3 is 2.54 bits per heavy atom. The molecule has 156 valence electrons. The average molecular weight is 417 g/mol. The van der Waals surface area contributed by atoms with E-state index in [0.717, 1.165) is 6.20 Å². The Labute approximate surface area is 151 Å². The minimum absolute atomic E-state index is 0.234. The molecular weight excluding hydrogens is 404 g/mol. The van der Waals surface area contributed by atoms with E-state index in [4.69, 9.17) is 10.5 Å². The molecule has 9 nitrogen and oxygen atoms in total. The third kappa shape index (κ3) is 3.64. The standard InChI is InChI=1S/C13H13F6N5O4/c14-12(15,16)3-23-4-2-21-10(20)22-8(4)24(11(23)27)9-5(25)1-6(28-9)7(26)13(17,18)19/h2,5-7,9,25-26H,1,3H2,(H2,20,21,22)/t5-,6+,7-,9-/m1/s1. The largest absolute Gasteiger partial charge is 0.416 e. The van der Waals surface area contributed by atoms with Gasteiger partial charge in [-0.1, -0.05) is 0 Å². The van der Waals surface area contributed by atoms with Crippen molar-refractivity contribution in [3.05, 3.63) is 16.7 Å². The summed E-state index contributed by atoms with van der Waals surface area (Å²) in [6.07, 6.45) is -18.2. The number of nitrogens with zero attached hydrogens (tertiary/aromatic N) is 4. The number of aliphatic hydroxyl groups excluding tert-OH is 2. The first-order valence-electron chi connectivity index (χ1n) is 7.68. The monoisotopic (exact) mass is 417 g/mol. The molecule has 0 radical (unpaired) electrons. The third-order valence-corrected chi connectivity index (χ3v) is 4.12. The molecule has 0 amide bonds. The van der Waals surface area contributed by atoms with Gasteiger partial charge in [0.05, 0.1) is 12.3 Å². The highest BCUT2D eigenvalue weighted by Crippen LogP contribution is 2.36. The van der Waals surface area contributed by atoms with Crippen LogP contribution in [0.4, 0.5) is 32.3 Å². The molecule has 1 fully saturated rings. The number of aromatic nitrogens is 4. The topological polar surface area (TPSA) is 128 Å². The minimum atomic E-state index is -5.07. The summed E-state index contributed by atoms with van der Waals surface area (Å²) in [5.41, 5.74) is 3.16. The van der Waals surface area contributed by atoms with Crippen LogP contribution in [0.3, 0.4) is 0 Å². The number of ether oxygens (including phenoxy) is 1. The lowest BCUT2D eigenvalue weighted by molar-refractivity contribution is -0.237. The quantitative estimate of drug-likeness (QED) is 0.613. The van der Waals surface area contributed by atoms with Crippen molar-refractivity contribution >= 4 is 17.1 Å². The molecule has 1 aliphatic heterocycles. The van der Waals surface area contributed by atoms with Crippen LogP contribution in [0.15, 0.2) is 11.0 Å². The van der Waals surface area contributed by atoms with Crippen molar-refractivity contribution in [2.24, 2.45) is 0 Å². The molecule has 2 aromatic rings. The van der Waals surface area contributed by atoms with Crippen molar-refractivity contribution in [3.63, 3.8) is 0 Å². The summed E-state index contributed by atoms with van der Waals surface area (Å²) < 4.78 is 82.2. The van der Waals surface area contributed by atoms with E-state index in [1.165, 1.54) is 0 Å². The van der Waals surface area contributed by atoms with Crippen LogP contribution < -0.4 is 11.4 Å². The van der Waals surface area contributed by atoms with Crippen LogP contribution in [-0.4, -0.2) is 60.0 Å². The maximum absolute atomic E-state index is 12.8. The summed E-state index contributed by atoms with van der Waals surface area (Å²) in [6, 6.07) is 0. The van der Waals surface area contributed by atoms with Crippen LogP contribution in [-0.2, 0) is 11.3 Å². The number of anilines is 1. The number of halogens is 6. The van der Waals surface area contributed by atoms with Gasteiger partial charge in [-0.05, 0) is 0 Å². The lowest BCUT2D eigenvalue weighted by Gasteiger charge is -2.21. The average Bonchev–Trinajstić information content (AvgIpc) is 3.03. The molecule has 0 unspecified atom stereocenters. The zero-order chi connectivity index (χ0) is 21.0. The van der Waals surface area contributed by atoms with Crippen LogP contribution >= 0.6 is 0 Å². The van der Waals surface area contributed by atoms with Gasteiger partial charge in [-0.25, -0.2) is 14.3 Å². The van der Waals surface area contributed by atoms with Crippen molar-refractivity contribution in [2.75, 3.05) is 5.73 Å². The van der Waals surface area contributed by atoms with Gasteiger partial charge >= 0.3 is 18.0 Å². The number of hydrogen-bond donors (Lipinski definition) is 3. The van der Waals surface area contributed by atoms with Gasteiger partial charge in [-0.15, -0.1) is 0 Å². The molecule has 0 aromatic carbocycles. The van der Waals surface area contributed by atoms with Gasteiger partial charge in [0.25, 0.3) is 0 Å². The minimum Gasteiger partial charge on any atom is -0.388 e. The Bertz CT molecular complexity index is 938. The van der Waals surface area contributed by atoms with E-state index in [-0.39, 0.29) is 4.57 Å². The van der Waals surface area contributed by atoms with E-state index < -0.39 is 72.7 Å². The lowest BCUT2D eigenvalue weighted by atomic mass is 10.1. The normalized spacial score (nSPS) is 24.8. The molecule has 3 rings (SSSR count). The second-order valence-corrected chi connectivity index (χ2v) is 6.15. The van der Waals surface area contributed by atoms with E-state index in [1.54, 1.807) is 0 Å². The molecule has 15 heteroatoms. The number of hydrogen-bond acceptors (Lipinski definition) is 7. The van der Waals surface area contributed by atoms with Crippen molar-refractivity contribution in [2.45, 2.75) is 49.9 Å². The van der Waals surface area contributed by atoms with E-state index in [1.807, 2.05) is 0 Å². The van der Waals surface area contributed by atoms with E-state index in [2.05, 4.69) is 9.97 Å². The van der Waals surface area contributed by atoms with Crippen molar-refractivity contribution in [1.29, 1.82) is 0 Å². The molecule has 28 heavy (non-hydrogen) atoms. The van der Waals surface area contributed by atoms with Gasteiger partial charge in [0, 0.05) is 6.42 Å². The van der Waals surface area contributed by atoms with Gasteiger partial charge in [0.2, 0.25) is 5.95 Å². The summed E-state index contributed by atoms with van der Waals surface area (Å²) >= 11 is 0. The summed E-state index contributed by atoms with van der Waals surface area (Å²) in [4.78, 5) is 19.7. The lowest BCUT2D eigenvalue weighted by Crippen LogP contribution is -2.40. The highest BCUT2D eigenvalue weighted by Gasteiger charge is 2.50. The maximum Gasteiger partial charge on any atom is 0.416 e. The molecule has 1 saturated heterocycles. The Morgan fingerprint density at radius 1 is 1.32 bits per heavy atom. The first-order chi connectivity index (χ1) is 12.8. The van der Waals surface area contributed by atoms with Gasteiger partial charge < -0.3 is 20.7 Å². The maximum atomic E-state index is 12.8. The SMILES string of the molecule is Nc1ncc2c(n1)n([C@@H]1O[C@H]([C@@H](O)C(F)(F)F)C[C@H]1O)c(=O)n2CC(F)(F)F. The van der Waals surface area contributed by atoms with Gasteiger partial charge in [-0.2, -0.15) is 31.3 Å². The predicted octanol–water partition coefficient (Wildman–Crippen LogP) is 0.309. The number of alkyl halides is 6. The van der Waals surface area contributed by atoms with Crippen molar-refractivity contribution in [3.8, 4) is 0 Å². The predicted molar refractivity (Wildman–Crippen MR) is 78.9 cm³/mol. The van der Waals surface area contributed by atoms with Crippen LogP contribution in [0.5, 0.6) is 0 Å². The Hall–Kier alpha value is -2.39. The molecule has 4 N–H and O–H groups in total. The summed E-state index contributed by atoms with van der Waals surface area (Å²) in [6.45, 7) is -1.74. The number of rotatable bonds is 3. The van der Waals surface area contributed by atoms with Crippen LogP contribution in [0.2, 0.25) is 0 Å². The number of fused-ring (bicyclic) bond motifs is 1. The Morgan fingerprint density at radius 2 is 1.96 bits per heavy atom. The Balaban J connectivity index is 2.09. The number of aliphatic hydroxyl groups is 2. The fraction of sp³-hybridized carbons (Fsp3) is 0.615. The molecule has 0 saturated carbocycles. The summed E-state index contributed by atoms with van der Waals surface area (Å²) in [5, 5.41) is 19.4. The van der Waals surface area contributed by atoms with Crippen LogP contribution in [0, 0.1) is 0 Å². The third-order valence-electron chi connectivity index (χ3n) is 4.12. The molecule has 2 aromatic heterocycles. The van der Waals surface area contributed by atoms with Crippen molar-refractivity contribution in [1.82, 2.24) is 19.1 Å². The van der Waals surface area contributed by atoms with Crippen molar-refractivity contribution < 1.29 is 41.3 Å². The highest BCUT2D eigenvalue weighted by atomic mass is 19.4. The summed E-state index contributed by atoms with van der Waals surface area (Å²) in [5.74, 6) is -0.426. The molecule has 1 aliphatic rings. The number of imidazole rings is 1. The van der Waals surface area contributed by atoms with Gasteiger partial charge in [0.15, 0.2) is 18.0 Å². The van der Waals surface area contributed by atoms with Crippen LogP contribution in [0.1, 0.15) is 12.6 Å². The van der Waals surface area contributed by atoms with E-state index >= 15 is 0 Å². The fourth-order valence-corrected chi connectivity index (χ4v) is 2.96. The molecule has 0 spiro atoms. The zero-order valence-electron chi connectivity index (χ0n) is 13.6.